The monoisotopic (exact) mass is 282 g/mol. The Bertz CT molecular complexity index is 719. The van der Waals surface area contributed by atoms with Gasteiger partial charge in [-0.2, -0.15) is 0 Å². The van der Waals surface area contributed by atoms with Gasteiger partial charge in [0.2, 0.25) is 0 Å². The first kappa shape index (κ1) is 13.8. The number of hydrogen-bond donors (Lipinski definition) is 1. The first-order valence-electron chi connectivity index (χ1n) is 6.13. The average molecular weight is 282 g/mol. The molecule has 0 aliphatic heterocycles. The standard InChI is InChI=1S/C12H18N4O2S/c1-4-19(17,18)6-5-16-9(3)8(2)10-11(13)14-7-15-12(10)16/h7H,4-6H2,1-3H3,(H2,13,14,15). The van der Waals surface area contributed by atoms with Crippen LogP contribution in [0, 0.1) is 13.8 Å². The molecule has 0 unspecified atom stereocenters. The van der Waals surface area contributed by atoms with Gasteiger partial charge < -0.3 is 10.3 Å². The molecule has 2 aromatic rings. The van der Waals surface area contributed by atoms with Crippen molar-refractivity contribution >= 4 is 26.7 Å². The highest BCUT2D eigenvalue weighted by Gasteiger charge is 2.16. The van der Waals surface area contributed by atoms with Crippen LogP contribution in [0.2, 0.25) is 0 Å². The van der Waals surface area contributed by atoms with Crippen molar-refractivity contribution in [1.82, 2.24) is 14.5 Å². The molecule has 2 rings (SSSR count). The Labute approximate surface area is 112 Å². The van der Waals surface area contributed by atoms with Gasteiger partial charge in [-0.05, 0) is 19.4 Å². The van der Waals surface area contributed by atoms with Crippen molar-refractivity contribution in [3.05, 3.63) is 17.6 Å². The molecule has 7 heteroatoms. The summed E-state index contributed by atoms with van der Waals surface area (Å²) in [5.41, 5.74) is 8.55. The molecule has 6 nitrogen and oxygen atoms in total. The van der Waals surface area contributed by atoms with E-state index in [1.54, 1.807) is 6.92 Å². The third kappa shape index (κ3) is 2.42. The van der Waals surface area contributed by atoms with Crippen LogP contribution in [0.15, 0.2) is 6.33 Å². The lowest BCUT2D eigenvalue weighted by Crippen LogP contribution is -2.15. The van der Waals surface area contributed by atoms with Crippen molar-refractivity contribution in [2.75, 3.05) is 17.2 Å². The molecular formula is C12H18N4O2S. The molecular weight excluding hydrogens is 264 g/mol. The summed E-state index contributed by atoms with van der Waals surface area (Å²) in [7, 11) is -3.00. The number of rotatable bonds is 4. The zero-order valence-electron chi connectivity index (χ0n) is 11.3. The summed E-state index contributed by atoms with van der Waals surface area (Å²) in [6.07, 6.45) is 1.40. The summed E-state index contributed by atoms with van der Waals surface area (Å²) in [6.45, 7) is 5.93. The topological polar surface area (TPSA) is 90.9 Å². The number of hydrogen-bond acceptors (Lipinski definition) is 5. The zero-order valence-corrected chi connectivity index (χ0v) is 12.2. The molecule has 0 radical (unpaired) electrons. The van der Waals surface area contributed by atoms with E-state index in [4.69, 9.17) is 5.73 Å². The predicted octanol–water partition coefficient (Wildman–Crippen LogP) is 1.07. The third-order valence-corrected chi connectivity index (χ3v) is 5.18. The fourth-order valence-electron chi connectivity index (χ4n) is 2.14. The van der Waals surface area contributed by atoms with Crippen LogP contribution in [0.5, 0.6) is 0 Å². The Morgan fingerprint density at radius 1 is 1.32 bits per heavy atom. The minimum atomic E-state index is -3.00. The molecule has 0 fully saturated rings. The summed E-state index contributed by atoms with van der Waals surface area (Å²) in [5, 5.41) is 0.814. The minimum Gasteiger partial charge on any atom is -0.383 e. The summed E-state index contributed by atoms with van der Waals surface area (Å²) in [6, 6.07) is 0. The quantitative estimate of drug-likeness (QED) is 0.905. The number of anilines is 1. The van der Waals surface area contributed by atoms with E-state index in [1.165, 1.54) is 6.33 Å². The molecule has 19 heavy (non-hydrogen) atoms. The van der Waals surface area contributed by atoms with Gasteiger partial charge in [-0.1, -0.05) is 6.92 Å². The van der Waals surface area contributed by atoms with Crippen LogP contribution in [0.4, 0.5) is 5.82 Å². The van der Waals surface area contributed by atoms with Gasteiger partial charge in [-0.25, -0.2) is 18.4 Å². The van der Waals surface area contributed by atoms with E-state index in [1.807, 2.05) is 18.4 Å². The summed E-state index contributed by atoms with van der Waals surface area (Å²) >= 11 is 0. The number of aryl methyl sites for hydroxylation is 2. The van der Waals surface area contributed by atoms with Crippen molar-refractivity contribution in [2.45, 2.75) is 27.3 Å². The number of nitrogen functional groups attached to an aromatic ring is 1. The van der Waals surface area contributed by atoms with Crippen LogP contribution in [-0.2, 0) is 16.4 Å². The second-order valence-corrected chi connectivity index (χ2v) is 7.03. The SMILES string of the molecule is CCS(=O)(=O)CCn1c(C)c(C)c2c(N)ncnc21. The molecule has 0 aliphatic carbocycles. The van der Waals surface area contributed by atoms with Gasteiger partial charge in [0, 0.05) is 18.0 Å². The van der Waals surface area contributed by atoms with Crippen LogP contribution < -0.4 is 5.73 Å². The van der Waals surface area contributed by atoms with E-state index in [-0.39, 0.29) is 11.5 Å². The number of sulfone groups is 1. The highest BCUT2D eigenvalue weighted by molar-refractivity contribution is 7.91. The van der Waals surface area contributed by atoms with Crippen LogP contribution in [-0.4, -0.2) is 34.5 Å². The van der Waals surface area contributed by atoms with Gasteiger partial charge >= 0.3 is 0 Å². The molecule has 104 valence electrons. The third-order valence-electron chi connectivity index (χ3n) is 3.50. The molecule has 0 atom stereocenters. The van der Waals surface area contributed by atoms with Crippen molar-refractivity contribution in [2.24, 2.45) is 0 Å². The maximum Gasteiger partial charge on any atom is 0.151 e. The fourth-order valence-corrected chi connectivity index (χ4v) is 2.89. The van der Waals surface area contributed by atoms with Crippen LogP contribution >= 0.6 is 0 Å². The van der Waals surface area contributed by atoms with Crippen LogP contribution in [0.1, 0.15) is 18.2 Å². The van der Waals surface area contributed by atoms with E-state index in [2.05, 4.69) is 9.97 Å². The predicted molar refractivity (Wildman–Crippen MR) is 75.7 cm³/mol. The smallest absolute Gasteiger partial charge is 0.151 e. The van der Waals surface area contributed by atoms with Crippen LogP contribution in [0.25, 0.3) is 11.0 Å². The average Bonchev–Trinajstić information content (AvgIpc) is 2.61. The lowest BCUT2D eigenvalue weighted by Gasteiger charge is -2.07. The molecule has 0 amide bonds. The van der Waals surface area contributed by atoms with E-state index in [0.717, 1.165) is 16.6 Å². The first-order valence-corrected chi connectivity index (χ1v) is 7.95. The van der Waals surface area contributed by atoms with Gasteiger partial charge in [0.1, 0.15) is 17.8 Å². The largest absolute Gasteiger partial charge is 0.383 e. The normalized spacial score (nSPS) is 12.2. The van der Waals surface area contributed by atoms with Gasteiger partial charge in [-0.3, -0.25) is 0 Å². The summed E-state index contributed by atoms with van der Waals surface area (Å²) in [5.74, 6) is 0.696. The number of nitrogens with two attached hydrogens (primary N) is 1. The minimum absolute atomic E-state index is 0.109. The molecule has 2 N–H and O–H groups in total. The van der Waals surface area contributed by atoms with Gasteiger partial charge in [0.15, 0.2) is 9.84 Å². The van der Waals surface area contributed by atoms with E-state index < -0.39 is 9.84 Å². The Balaban J connectivity index is 2.50. The highest BCUT2D eigenvalue weighted by atomic mass is 32.2. The van der Waals surface area contributed by atoms with E-state index in [0.29, 0.717) is 18.0 Å². The number of fused-ring (bicyclic) bond motifs is 1. The summed E-state index contributed by atoms with van der Waals surface area (Å²) in [4.78, 5) is 8.21. The van der Waals surface area contributed by atoms with Crippen molar-refractivity contribution in [1.29, 1.82) is 0 Å². The lowest BCUT2D eigenvalue weighted by molar-refractivity contribution is 0.590. The number of aromatic nitrogens is 3. The van der Waals surface area contributed by atoms with Gasteiger partial charge in [0.25, 0.3) is 0 Å². The molecule has 0 saturated carbocycles. The molecule has 0 aliphatic rings. The maximum absolute atomic E-state index is 11.6. The Kier molecular flexibility index (Phi) is 3.49. The lowest BCUT2D eigenvalue weighted by atomic mass is 10.2. The highest BCUT2D eigenvalue weighted by Crippen LogP contribution is 2.26. The van der Waals surface area contributed by atoms with Crippen molar-refractivity contribution in [3.8, 4) is 0 Å². The molecule has 0 aromatic carbocycles. The Morgan fingerprint density at radius 3 is 2.63 bits per heavy atom. The molecule has 0 spiro atoms. The second kappa shape index (κ2) is 4.80. The number of nitrogens with zero attached hydrogens (tertiary/aromatic N) is 3. The van der Waals surface area contributed by atoms with E-state index >= 15 is 0 Å². The molecule has 2 aromatic heterocycles. The molecule has 2 heterocycles. The molecule has 0 saturated heterocycles. The molecule has 0 bridgehead atoms. The second-order valence-electron chi connectivity index (χ2n) is 4.56. The summed E-state index contributed by atoms with van der Waals surface area (Å²) < 4.78 is 25.1. The Hall–Kier alpha value is -1.63. The maximum atomic E-state index is 11.6. The Morgan fingerprint density at radius 2 is 2.00 bits per heavy atom. The van der Waals surface area contributed by atoms with E-state index in [9.17, 15) is 8.42 Å². The van der Waals surface area contributed by atoms with Crippen molar-refractivity contribution in [3.63, 3.8) is 0 Å². The fraction of sp³-hybridized carbons (Fsp3) is 0.500. The zero-order chi connectivity index (χ0) is 14.2. The van der Waals surface area contributed by atoms with Gasteiger partial charge in [-0.15, -0.1) is 0 Å². The van der Waals surface area contributed by atoms with Crippen molar-refractivity contribution < 1.29 is 8.42 Å². The van der Waals surface area contributed by atoms with Crippen LogP contribution in [0.3, 0.4) is 0 Å². The van der Waals surface area contributed by atoms with Gasteiger partial charge in [0.05, 0.1) is 11.1 Å². The first-order chi connectivity index (χ1) is 8.87.